The molecule has 0 atom stereocenters. The molecule has 0 saturated carbocycles. The number of rotatable bonds is 5. The highest BCUT2D eigenvalue weighted by Gasteiger charge is 2.18. The van der Waals surface area contributed by atoms with Gasteiger partial charge in [-0.15, -0.1) is 0 Å². The fraction of sp³-hybridized carbons (Fsp3) is 0.353. The van der Waals surface area contributed by atoms with E-state index >= 15 is 0 Å². The molecule has 2 aromatic rings. The Morgan fingerprint density at radius 2 is 1.77 bits per heavy atom. The van der Waals surface area contributed by atoms with Gasteiger partial charge < -0.3 is 9.52 Å². The van der Waals surface area contributed by atoms with Gasteiger partial charge in [-0.25, -0.2) is 4.79 Å². The zero-order valence-corrected chi connectivity index (χ0v) is 12.4. The molecule has 1 aromatic carbocycles. The topological polar surface area (TPSA) is 56.9 Å². The average molecular weight is 300 g/mol. The quantitative estimate of drug-likeness (QED) is 0.918. The molecule has 1 saturated heterocycles. The van der Waals surface area contributed by atoms with Crippen molar-refractivity contribution in [2.75, 3.05) is 26.2 Å². The number of piperazine rings is 1. The molecule has 5 heteroatoms. The summed E-state index contributed by atoms with van der Waals surface area (Å²) in [5.41, 5.74) is 1.41. The molecule has 1 aliphatic heterocycles. The molecule has 3 rings (SSSR count). The third-order valence-corrected chi connectivity index (χ3v) is 4.00. The predicted molar refractivity (Wildman–Crippen MR) is 82.7 cm³/mol. The Hall–Kier alpha value is -2.11. The van der Waals surface area contributed by atoms with E-state index in [-0.39, 0.29) is 0 Å². The first-order valence-corrected chi connectivity index (χ1v) is 7.50. The smallest absolute Gasteiger partial charge is 0.335 e. The Kier molecular flexibility index (Phi) is 4.56. The number of hydrogen-bond acceptors (Lipinski definition) is 4. The van der Waals surface area contributed by atoms with Crippen LogP contribution in [-0.4, -0.2) is 47.1 Å². The van der Waals surface area contributed by atoms with Gasteiger partial charge in [0.25, 0.3) is 0 Å². The van der Waals surface area contributed by atoms with Gasteiger partial charge in [-0.2, -0.15) is 0 Å². The molecule has 1 aliphatic rings. The van der Waals surface area contributed by atoms with Crippen LogP contribution in [0.25, 0.3) is 0 Å². The first-order chi connectivity index (χ1) is 10.7. The summed E-state index contributed by atoms with van der Waals surface area (Å²) in [6.07, 6.45) is 1.71. The summed E-state index contributed by atoms with van der Waals surface area (Å²) >= 11 is 0. The fourth-order valence-corrected chi connectivity index (χ4v) is 2.79. The van der Waals surface area contributed by atoms with Gasteiger partial charge in [-0.05, 0) is 29.8 Å². The molecule has 1 fully saturated rings. The maximum absolute atomic E-state index is 11.0. The second kappa shape index (κ2) is 6.77. The number of carboxylic acid groups (broad SMARTS) is 1. The largest absolute Gasteiger partial charge is 0.478 e. The van der Waals surface area contributed by atoms with Crippen LogP contribution >= 0.6 is 0 Å². The van der Waals surface area contributed by atoms with Crippen molar-refractivity contribution in [2.45, 2.75) is 13.1 Å². The maximum atomic E-state index is 11.0. The molecule has 1 N–H and O–H groups in total. The van der Waals surface area contributed by atoms with Crippen molar-refractivity contribution in [1.29, 1.82) is 0 Å². The second-order valence-corrected chi connectivity index (χ2v) is 5.64. The van der Waals surface area contributed by atoms with E-state index < -0.39 is 5.97 Å². The third-order valence-electron chi connectivity index (χ3n) is 4.00. The van der Waals surface area contributed by atoms with E-state index in [1.54, 1.807) is 18.4 Å². The first kappa shape index (κ1) is 14.8. The minimum Gasteiger partial charge on any atom is -0.478 e. The number of benzene rings is 1. The Labute approximate surface area is 129 Å². The van der Waals surface area contributed by atoms with Crippen molar-refractivity contribution >= 4 is 5.97 Å². The number of carboxylic acids is 1. The fourth-order valence-electron chi connectivity index (χ4n) is 2.79. The lowest BCUT2D eigenvalue weighted by Gasteiger charge is -2.34. The van der Waals surface area contributed by atoms with Crippen LogP contribution in [0.15, 0.2) is 47.1 Å². The summed E-state index contributed by atoms with van der Waals surface area (Å²) in [6, 6.07) is 11.1. The number of furan rings is 1. The van der Waals surface area contributed by atoms with Crippen LogP contribution in [0.4, 0.5) is 0 Å². The normalized spacial score (nSPS) is 16.7. The Bertz CT molecular complexity index is 617. The number of nitrogens with zero attached hydrogens (tertiary/aromatic N) is 2. The summed E-state index contributed by atoms with van der Waals surface area (Å²) < 4.78 is 5.38. The zero-order valence-electron chi connectivity index (χ0n) is 12.4. The molecule has 0 bridgehead atoms. The zero-order chi connectivity index (χ0) is 15.4. The van der Waals surface area contributed by atoms with E-state index in [9.17, 15) is 4.79 Å². The van der Waals surface area contributed by atoms with Crippen LogP contribution in [0.2, 0.25) is 0 Å². The lowest BCUT2D eigenvalue weighted by Crippen LogP contribution is -2.45. The highest BCUT2D eigenvalue weighted by atomic mass is 16.4. The molecule has 22 heavy (non-hydrogen) atoms. The van der Waals surface area contributed by atoms with Crippen molar-refractivity contribution in [3.63, 3.8) is 0 Å². The SMILES string of the molecule is O=C(O)c1cccc(CN2CCN(Cc3ccco3)CC2)c1. The van der Waals surface area contributed by atoms with Gasteiger partial charge in [-0.1, -0.05) is 12.1 Å². The van der Waals surface area contributed by atoms with E-state index in [0.717, 1.165) is 50.6 Å². The first-order valence-electron chi connectivity index (χ1n) is 7.50. The molecular formula is C17H20N2O3. The number of carbonyl (C=O) groups is 1. The molecule has 1 aromatic heterocycles. The molecule has 0 amide bonds. The molecule has 0 spiro atoms. The van der Waals surface area contributed by atoms with E-state index in [0.29, 0.717) is 5.56 Å². The lowest BCUT2D eigenvalue weighted by atomic mass is 10.1. The van der Waals surface area contributed by atoms with Crippen LogP contribution in [-0.2, 0) is 13.1 Å². The number of hydrogen-bond donors (Lipinski definition) is 1. The molecule has 0 unspecified atom stereocenters. The van der Waals surface area contributed by atoms with Gasteiger partial charge in [0.05, 0.1) is 18.4 Å². The summed E-state index contributed by atoms with van der Waals surface area (Å²) in [7, 11) is 0. The van der Waals surface area contributed by atoms with Crippen molar-refractivity contribution in [2.24, 2.45) is 0 Å². The maximum Gasteiger partial charge on any atom is 0.335 e. The van der Waals surface area contributed by atoms with Gasteiger partial charge >= 0.3 is 5.97 Å². The second-order valence-electron chi connectivity index (χ2n) is 5.64. The molecule has 2 heterocycles. The van der Waals surface area contributed by atoms with Crippen LogP contribution in [0.1, 0.15) is 21.7 Å². The molecular weight excluding hydrogens is 280 g/mol. The molecule has 5 nitrogen and oxygen atoms in total. The van der Waals surface area contributed by atoms with E-state index in [4.69, 9.17) is 9.52 Å². The summed E-state index contributed by atoms with van der Waals surface area (Å²) in [5.74, 6) is 0.132. The van der Waals surface area contributed by atoms with E-state index in [1.807, 2.05) is 24.3 Å². The number of aromatic carboxylic acids is 1. The predicted octanol–water partition coefficient (Wildman–Crippen LogP) is 2.30. The Balaban J connectivity index is 1.51. The molecule has 0 radical (unpaired) electrons. The highest BCUT2D eigenvalue weighted by molar-refractivity contribution is 5.87. The van der Waals surface area contributed by atoms with E-state index in [1.165, 1.54) is 0 Å². The van der Waals surface area contributed by atoms with Gasteiger partial charge in [0.15, 0.2) is 0 Å². The third kappa shape index (κ3) is 3.75. The van der Waals surface area contributed by atoms with Crippen molar-refractivity contribution in [1.82, 2.24) is 9.80 Å². The molecule has 116 valence electrons. The van der Waals surface area contributed by atoms with Crippen LogP contribution in [0.5, 0.6) is 0 Å². The van der Waals surface area contributed by atoms with Crippen LogP contribution in [0, 0.1) is 0 Å². The lowest BCUT2D eigenvalue weighted by molar-refractivity contribution is 0.0696. The summed E-state index contributed by atoms with van der Waals surface area (Å²) in [5, 5.41) is 9.04. The van der Waals surface area contributed by atoms with Crippen LogP contribution in [0.3, 0.4) is 0 Å². The summed E-state index contributed by atoms with van der Waals surface area (Å²) in [4.78, 5) is 15.7. The van der Waals surface area contributed by atoms with Gasteiger partial charge in [-0.3, -0.25) is 9.80 Å². The Morgan fingerprint density at radius 3 is 2.41 bits per heavy atom. The van der Waals surface area contributed by atoms with Gasteiger partial charge in [0.2, 0.25) is 0 Å². The minimum atomic E-state index is -0.870. The monoisotopic (exact) mass is 300 g/mol. The van der Waals surface area contributed by atoms with Gasteiger partial charge in [0, 0.05) is 32.7 Å². The van der Waals surface area contributed by atoms with E-state index in [2.05, 4.69) is 9.80 Å². The van der Waals surface area contributed by atoms with Crippen molar-refractivity contribution in [3.8, 4) is 0 Å². The molecule has 0 aliphatic carbocycles. The van der Waals surface area contributed by atoms with Crippen molar-refractivity contribution in [3.05, 3.63) is 59.5 Å². The highest BCUT2D eigenvalue weighted by Crippen LogP contribution is 2.13. The van der Waals surface area contributed by atoms with Crippen LogP contribution < -0.4 is 0 Å². The Morgan fingerprint density at radius 1 is 1.05 bits per heavy atom. The standard InChI is InChI=1S/C17H20N2O3/c20-17(21)15-4-1-3-14(11-15)12-18-6-8-19(9-7-18)13-16-5-2-10-22-16/h1-5,10-11H,6-9,12-13H2,(H,20,21). The average Bonchev–Trinajstić information content (AvgIpc) is 3.02. The van der Waals surface area contributed by atoms with Gasteiger partial charge in [0.1, 0.15) is 5.76 Å². The summed E-state index contributed by atoms with van der Waals surface area (Å²) in [6.45, 7) is 5.62. The minimum absolute atomic E-state index is 0.356. The van der Waals surface area contributed by atoms with Crippen molar-refractivity contribution < 1.29 is 14.3 Å².